The molecular weight excluding hydrogens is 439 g/mol. The first-order valence-corrected chi connectivity index (χ1v) is 8.40. The fourth-order valence-corrected chi connectivity index (χ4v) is 2.83. The van der Waals surface area contributed by atoms with Gasteiger partial charge < -0.3 is 10.6 Å². The van der Waals surface area contributed by atoms with Crippen molar-refractivity contribution in [3.8, 4) is 6.07 Å². The van der Waals surface area contributed by atoms with Gasteiger partial charge in [-0.25, -0.2) is 0 Å². The minimum absolute atomic E-state index is 0. The van der Waals surface area contributed by atoms with Crippen molar-refractivity contribution in [2.75, 3.05) is 7.05 Å². The first-order valence-electron chi connectivity index (χ1n) is 8.40. The van der Waals surface area contributed by atoms with Gasteiger partial charge in [0.1, 0.15) is 0 Å². The highest BCUT2D eigenvalue weighted by molar-refractivity contribution is 14.0. The lowest BCUT2D eigenvalue weighted by Gasteiger charge is -2.18. The van der Waals surface area contributed by atoms with E-state index in [9.17, 15) is 0 Å². The second-order valence-electron chi connectivity index (χ2n) is 6.26. The van der Waals surface area contributed by atoms with Gasteiger partial charge in [0.05, 0.1) is 17.3 Å². The lowest BCUT2D eigenvalue weighted by atomic mass is 10.1. The van der Waals surface area contributed by atoms with Gasteiger partial charge in [-0.2, -0.15) is 10.4 Å². The minimum Gasteiger partial charge on any atom is -0.354 e. The van der Waals surface area contributed by atoms with Crippen molar-refractivity contribution in [1.82, 2.24) is 20.4 Å². The molecule has 1 aromatic carbocycles. The largest absolute Gasteiger partial charge is 0.354 e. The molecule has 7 heteroatoms. The van der Waals surface area contributed by atoms with Crippen molar-refractivity contribution in [2.24, 2.45) is 12.0 Å². The van der Waals surface area contributed by atoms with Crippen LogP contribution >= 0.6 is 24.0 Å². The molecule has 1 aromatic heterocycles. The zero-order valence-electron chi connectivity index (χ0n) is 16.0. The summed E-state index contributed by atoms with van der Waals surface area (Å²) in [4.78, 5) is 4.29. The van der Waals surface area contributed by atoms with Crippen LogP contribution in [0.3, 0.4) is 0 Å². The molecule has 6 nitrogen and oxygen atoms in total. The van der Waals surface area contributed by atoms with Crippen LogP contribution in [0.2, 0.25) is 0 Å². The highest BCUT2D eigenvalue weighted by atomic mass is 127. The van der Waals surface area contributed by atoms with E-state index in [1.807, 2.05) is 36.9 Å². The Hall–Kier alpha value is -2.08. The summed E-state index contributed by atoms with van der Waals surface area (Å²) in [5, 5.41) is 20.2. The number of hydrogen-bond acceptors (Lipinski definition) is 3. The van der Waals surface area contributed by atoms with E-state index >= 15 is 0 Å². The SMILES string of the molecule is CN=C(NCc1cccc(C#N)c1)NC(C)Cc1c(C)nn(C)c1C.I. The molecule has 0 bridgehead atoms. The van der Waals surface area contributed by atoms with Crippen LogP contribution in [0, 0.1) is 25.2 Å². The summed E-state index contributed by atoms with van der Waals surface area (Å²) in [7, 11) is 3.73. The number of hydrogen-bond donors (Lipinski definition) is 2. The van der Waals surface area contributed by atoms with E-state index in [1.54, 1.807) is 13.1 Å². The lowest BCUT2D eigenvalue weighted by molar-refractivity contribution is 0.635. The van der Waals surface area contributed by atoms with Crippen molar-refractivity contribution in [3.05, 3.63) is 52.3 Å². The number of guanidine groups is 1. The lowest BCUT2D eigenvalue weighted by Crippen LogP contribution is -2.42. The van der Waals surface area contributed by atoms with E-state index in [-0.39, 0.29) is 30.0 Å². The first kappa shape index (κ1) is 22.0. The zero-order valence-corrected chi connectivity index (χ0v) is 18.3. The van der Waals surface area contributed by atoms with Crippen molar-refractivity contribution in [2.45, 2.75) is 39.8 Å². The third-order valence-corrected chi connectivity index (χ3v) is 4.29. The molecule has 0 aliphatic heterocycles. The van der Waals surface area contributed by atoms with Crippen molar-refractivity contribution in [3.63, 3.8) is 0 Å². The number of rotatable bonds is 5. The van der Waals surface area contributed by atoms with Crippen molar-refractivity contribution in [1.29, 1.82) is 5.26 Å². The van der Waals surface area contributed by atoms with E-state index in [4.69, 9.17) is 5.26 Å². The molecule has 1 unspecified atom stereocenters. The molecule has 0 saturated carbocycles. The number of aromatic nitrogens is 2. The van der Waals surface area contributed by atoms with Crippen LogP contribution in [0.25, 0.3) is 0 Å². The molecule has 0 saturated heterocycles. The molecule has 140 valence electrons. The van der Waals surface area contributed by atoms with E-state index in [0.29, 0.717) is 12.1 Å². The molecule has 0 amide bonds. The number of halogens is 1. The minimum atomic E-state index is 0. The van der Waals surface area contributed by atoms with Gasteiger partial charge in [0.25, 0.3) is 0 Å². The van der Waals surface area contributed by atoms with Crippen LogP contribution in [0.15, 0.2) is 29.3 Å². The summed E-state index contributed by atoms with van der Waals surface area (Å²) in [6.07, 6.45) is 0.885. The van der Waals surface area contributed by atoms with Gasteiger partial charge in [-0.1, -0.05) is 12.1 Å². The van der Waals surface area contributed by atoms with Gasteiger partial charge in [-0.3, -0.25) is 9.67 Å². The topological polar surface area (TPSA) is 78.0 Å². The molecule has 0 aliphatic rings. The van der Waals surface area contributed by atoms with Crippen LogP contribution in [0.1, 0.15) is 35.0 Å². The normalized spacial score (nSPS) is 12.1. The average molecular weight is 466 g/mol. The molecule has 0 radical (unpaired) electrons. The molecule has 2 N–H and O–H groups in total. The van der Waals surface area contributed by atoms with Gasteiger partial charge in [0.2, 0.25) is 0 Å². The average Bonchev–Trinajstić information content (AvgIpc) is 2.84. The zero-order chi connectivity index (χ0) is 18.4. The Morgan fingerprint density at radius 3 is 2.69 bits per heavy atom. The highest BCUT2D eigenvalue weighted by Crippen LogP contribution is 2.14. The fourth-order valence-electron chi connectivity index (χ4n) is 2.83. The highest BCUT2D eigenvalue weighted by Gasteiger charge is 2.14. The number of nitriles is 1. The maximum absolute atomic E-state index is 8.98. The van der Waals surface area contributed by atoms with Crippen molar-refractivity contribution < 1.29 is 0 Å². The quantitative estimate of drug-likeness (QED) is 0.404. The van der Waals surface area contributed by atoms with Gasteiger partial charge in [0.15, 0.2) is 5.96 Å². The Balaban J connectivity index is 0.00000338. The third kappa shape index (κ3) is 5.73. The van der Waals surface area contributed by atoms with Gasteiger partial charge in [-0.05, 0) is 50.5 Å². The predicted octanol–water partition coefficient (Wildman–Crippen LogP) is 2.82. The maximum Gasteiger partial charge on any atom is 0.191 e. The van der Waals surface area contributed by atoms with E-state index in [0.717, 1.165) is 23.6 Å². The van der Waals surface area contributed by atoms with Crippen molar-refractivity contribution >= 4 is 29.9 Å². The summed E-state index contributed by atoms with van der Waals surface area (Å²) in [5.74, 6) is 0.744. The summed E-state index contributed by atoms with van der Waals surface area (Å²) < 4.78 is 1.92. The Morgan fingerprint density at radius 1 is 1.38 bits per heavy atom. The summed E-state index contributed by atoms with van der Waals surface area (Å²) in [6, 6.07) is 9.95. The fraction of sp³-hybridized carbons (Fsp3) is 0.421. The molecule has 0 fully saturated rings. The molecule has 1 heterocycles. The second-order valence-corrected chi connectivity index (χ2v) is 6.26. The number of benzene rings is 1. The summed E-state index contributed by atoms with van der Waals surface area (Å²) in [6.45, 7) is 6.89. The smallest absolute Gasteiger partial charge is 0.191 e. The Kier molecular flexibility index (Phi) is 8.58. The molecule has 2 rings (SSSR count). The third-order valence-electron chi connectivity index (χ3n) is 4.29. The van der Waals surface area contributed by atoms with Crippen LogP contribution < -0.4 is 10.6 Å². The molecular formula is C19H27IN6. The van der Waals surface area contributed by atoms with E-state index < -0.39 is 0 Å². The standard InChI is InChI=1S/C19H26N6.HI/c1-13(9-18-14(2)24-25(5)15(18)3)23-19(21-4)22-12-17-8-6-7-16(10-17)11-20;/h6-8,10,13H,9,12H2,1-5H3,(H2,21,22,23);1H. The van der Waals surface area contributed by atoms with Crippen LogP contribution in [-0.2, 0) is 20.0 Å². The molecule has 0 spiro atoms. The molecule has 26 heavy (non-hydrogen) atoms. The van der Waals surface area contributed by atoms with Gasteiger partial charge in [-0.15, -0.1) is 24.0 Å². The monoisotopic (exact) mass is 466 g/mol. The number of nitrogens with zero attached hydrogens (tertiary/aromatic N) is 4. The number of aliphatic imine (C=N–C) groups is 1. The van der Waals surface area contributed by atoms with Gasteiger partial charge in [0, 0.05) is 32.4 Å². The van der Waals surface area contributed by atoms with Crippen LogP contribution in [0.4, 0.5) is 0 Å². The number of nitrogens with one attached hydrogen (secondary N) is 2. The molecule has 0 aliphatic carbocycles. The summed E-state index contributed by atoms with van der Waals surface area (Å²) >= 11 is 0. The Morgan fingerprint density at radius 2 is 2.12 bits per heavy atom. The second kappa shape index (κ2) is 10.2. The summed E-state index contributed by atoms with van der Waals surface area (Å²) in [5.41, 5.74) is 5.26. The van der Waals surface area contributed by atoms with E-state index in [2.05, 4.69) is 40.6 Å². The van der Waals surface area contributed by atoms with E-state index in [1.165, 1.54) is 11.3 Å². The Labute approximate surface area is 172 Å². The van der Waals surface area contributed by atoms with Crippen LogP contribution in [0.5, 0.6) is 0 Å². The molecule has 1 atom stereocenters. The maximum atomic E-state index is 8.98. The predicted molar refractivity (Wildman–Crippen MR) is 116 cm³/mol. The first-order chi connectivity index (χ1) is 11.9. The number of aryl methyl sites for hydroxylation is 2. The Bertz CT molecular complexity index is 803. The van der Waals surface area contributed by atoms with Gasteiger partial charge >= 0.3 is 0 Å². The van der Waals surface area contributed by atoms with Crippen LogP contribution in [-0.4, -0.2) is 28.8 Å². The molecule has 2 aromatic rings.